The van der Waals surface area contributed by atoms with Crippen LogP contribution in [0, 0.1) is 0 Å². The highest BCUT2D eigenvalue weighted by Gasteiger charge is 2.22. The zero-order valence-electron chi connectivity index (χ0n) is 6.22. The number of carboxylic acid groups (broad SMARTS) is 3. The molecular weight excluding hydrogens is 184 g/mol. The Labute approximate surface area is 71.7 Å². The zero-order valence-corrected chi connectivity index (χ0v) is 6.22. The first-order chi connectivity index (χ1) is 5.86. The lowest BCUT2D eigenvalue weighted by molar-refractivity contribution is -0.134. The minimum atomic E-state index is -1.78. The van der Waals surface area contributed by atoms with Crippen LogP contribution in [0.3, 0.4) is 0 Å². The van der Waals surface area contributed by atoms with Crippen molar-refractivity contribution in [2.75, 3.05) is 0 Å². The Bertz CT molecular complexity index is 272. The number of amides is 2. The Hall–Kier alpha value is -2.25. The minimum absolute atomic E-state index is 0.120. The van der Waals surface area contributed by atoms with Gasteiger partial charge in [0.1, 0.15) is 5.70 Å². The number of hydrogen-bond acceptors (Lipinski definition) is 3. The average Bonchev–Trinajstić information content (AvgIpc) is 1.97. The molecule has 0 aromatic heterocycles. The molecular formula is C5H6N2O6. The van der Waals surface area contributed by atoms with Crippen LogP contribution in [0.2, 0.25) is 0 Å². The summed E-state index contributed by atoms with van der Waals surface area (Å²) in [5.74, 6) is -1.64. The third kappa shape index (κ3) is 3.10. The van der Waals surface area contributed by atoms with Gasteiger partial charge in [-0.2, -0.15) is 5.01 Å². The van der Waals surface area contributed by atoms with E-state index < -0.39 is 23.9 Å². The van der Waals surface area contributed by atoms with E-state index in [0.29, 0.717) is 0 Å². The third-order valence-electron chi connectivity index (χ3n) is 0.916. The van der Waals surface area contributed by atoms with E-state index >= 15 is 0 Å². The summed E-state index contributed by atoms with van der Waals surface area (Å²) in [6.45, 7) is 2.85. The highest BCUT2D eigenvalue weighted by Crippen LogP contribution is 1.98. The summed E-state index contributed by atoms with van der Waals surface area (Å²) in [7, 11) is 0. The summed E-state index contributed by atoms with van der Waals surface area (Å²) >= 11 is 0. The largest absolute Gasteiger partial charge is 0.477 e. The molecule has 8 heteroatoms. The Kier molecular flexibility index (Phi) is 3.26. The number of carbonyl (C=O) groups is 3. The Morgan fingerprint density at radius 3 is 1.85 bits per heavy atom. The first kappa shape index (κ1) is 10.8. The van der Waals surface area contributed by atoms with E-state index in [2.05, 4.69) is 6.58 Å². The molecule has 0 aromatic rings. The van der Waals surface area contributed by atoms with Crippen LogP contribution in [0.4, 0.5) is 9.59 Å². The lowest BCUT2D eigenvalue weighted by Gasteiger charge is -2.16. The van der Waals surface area contributed by atoms with Gasteiger partial charge in [-0.1, -0.05) is 6.58 Å². The molecule has 0 heterocycles. The molecule has 0 radical (unpaired) electrons. The van der Waals surface area contributed by atoms with Gasteiger partial charge in [0.15, 0.2) is 0 Å². The lowest BCUT2D eigenvalue weighted by atomic mass is 10.5. The van der Waals surface area contributed by atoms with Gasteiger partial charge in [0.2, 0.25) is 0 Å². The number of rotatable bonds is 2. The van der Waals surface area contributed by atoms with Gasteiger partial charge in [-0.05, 0) is 0 Å². The summed E-state index contributed by atoms with van der Waals surface area (Å²) in [6.07, 6.45) is -3.49. The van der Waals surface area contributed by atoms with E-state index in [0.717, 1.165) is 0 Å². The minimum Gasteiger partial charge on any atom is -0.477 e. The smallest absolute Gasteiger partial charge is 0.431 e. The highest BCUT2D eigenvalue weighted by molar-refractivity contribution is 5.90. The Morgan fingerprint density at radius 1 is 1.15 bits per heavy atom. The summed E-state index contributed by atoms with van der Waals surface area (Å²) < 4.78 is 0. The van der Waals surface area contributed by atoms with Crippen LogP contribution in [0.1, 0.15) is 0 Å². The topological polar surface area (TPSA) is 127 Å². The molecule has 0 atom stereocenters. The maximum Gasteiger partial charge on any atom is 0.431 e. The van der Waals surface area contributed by atoms with Crippen molar-refractivity contribution in [2.24, 2.45) is 0 Å². The molecule has 0 spiro atoms. The van der Waals surface area contributed by atoms with E-state index in [4.69, 9.17) is 15.3 Å². The predicted octanol–water partition coefficient (Wildman–Crippen LogP) is -0.253. The standard InChI is InChI=1S/C5H6N2O6/c1-2(3(8)9)7(5(12)13)6-4(10)11/h6H,1H2,(H,8,9)(H,10,11)(H,12,13). The van der Waals surface area contributed by atoms with Crippen molar-refractivity contribution in [1.82, 2.24) is 10.4 Å². The molecule has 0 rings (SSSR count). The molecule has 0 aromatic carbocycles. The van der Waals surface area contributed by atoms with Crippen molar-refractivity contribution >= 4 is 18.2 Å². The molecule has 0 bridgehead atoms. The predicted molar refractivity (Wildman–Crippen MR) is 37.8 cm³/mol. The van der Waals surface area contributed by atoms with Crippen molar-refractivity contribution in [3.63, 3.8) is 0 Å². The molecule has 72 valence electrons. The van der Waals surface area contributed by atoms with E-state index in [-0.39, 0.29) is 5.01 Å². The van der Waals surface area contributed by atoms with Gasteiger partial charge in [0, 0.05) is 0 Å². The van der Waals surface area contributed by atoms with Gasteiger partial charge >= 0.3 is 18.2 Å². The van der Waals surface area contributed by atoms with Crippen LogP contribution in [0.15, 0.2) is 12.3 Å². The zero-order chi connectivity index (χ0) is 10.6. The molecule has 0 aliphatic carbocycles. The number of aliphatic carboxylic acids is 1. The van der Waals surface area contributed by atoms with Crippen LogP contribution in [-0.4, -0.2) is 38.5 Å². The molecule has 0 unspecified atom stereocenters. The van der Waals surface area contributed by atoms with E-state index in [9.17, 15) is 14.4 Å². The van der Waals surface area contributed by atoms with Crippen LogP contribution in [0.25, 0.3) is 0 Å². The van der Waals surface area contributed by atoms with Gasteiger partial charge in [0.25, 0.3) is 0 Å². The van der Waals surface area contributed by atoms with Gasteiger partial charge in [-0.15, -0.1) is 0 Å². The molecule has 0 aliphatic rings. The SMILES string of the molecule is C=C(C(=O)O)N(NC(=O)O)C(=O)O. The molecule has 0 saturated heterocycles. The maximum atomic E-state index is 10.3. The second-order valence-electron chi connectivity index (χ2n) is 1.79. The fraction of sp³-hybridized carbons (Fsp3) is 0. The number of carboxylic acids is 1. The van der Waals surface area contributed by atoms with Crippen molar-refractivity contribution in [1.29, 1.82) is 0 Å². The summed E-state index contributed by atoms with van der Waals surface area (Å²) in [6, 6.07) is 0. The van der Waals surface area contributed by atoms with E-state index in [1.165, 1.54) is 5.43 Å². The maximum absolute atomic E-state index is 10.3. The molecule has 4 N–H and O–H groups in total. The third-order valence-corrected chi connectivity index (χ3v) is 0.916. The fourth-order valence-electron chi connectivity index (χ4n) is 0.422. The quantitative estimate of drug-likeness (QED) is 0.351. The van der Waals surface area contributed by atoms with Gasteiger partial charge in [-0.25, -0.2) is 19.8 Å². The summed E-state index contributed by atoms with van der Waals surface area (Å²) in [4.78, 5) is 30.4. The number of nitrogens with zero attached hydrogens (tertiary/aromatic N) is 1. The van der Waals surface area contributed by atoms with Crippen molar-refractivity contribution in [3.8, 4) is 0 Å². The van der Waals surface area contributed by atoms with Crippen molar-refractivity contribution in [2.45, 2.75) is 0 Å². The average molecular weight is 190 g/mol. The summed E-state index contributed by atoms with van der Waals surface area (Å²) in [5.41, 5.74) is 0.423. The first-order valence-electron chi connectivity index (χ1n) is 2.81. The lowest BCUT2D eigenvalue weighted by Crippen LogP contribution is -2.45. The molecule has 0 aliphatic heterocycles. The molecule has 0 fully saturated rings. The molecule has 8 nitrogen and oxygen atoms in total. The van der Waals surface area contributed by atoms with Crippen LogP contribution in [0.5, 0.6) is 0 Å². The van der Waals surface area contributed by atoms with E-state index in [1.807, 2.05) is 0 Å². The van der Waals surface area contributed by atoms with Crippen LogP contribution in [-0.2, 0) is 4.79 Å². The number of hydrogen-bond donors (Lipinski definition) is 4. The first-order valence-corrected chi connectivity index (χ1v) is 2.81. The van der Waals surface area contributed by atoms with Gasteiger partial charge < -0.3 is 15.3 Å². The monoisotopic (exact) mass is 190 g/mol. The second-order valence-corrected chi connectivity index (χ2v) is 1.79. The highest BCUT2D eigenvalue weighted by atomic mass is 16.4. The van der Waals surface area contributed by atoms with Crippen molar-refractivity contribution in [3.05, 3.63) is 12.3 Å². The van der Waals surface area contributed by atoms with E-state index in [1.54, 1.807) is 0 Å². The molecule has 0 saturated carbocycles. The van der Waals surface area contributed by atoms with Crippen LogP contribution < -0.4 is 5.43 Å². The molecule has 2 amide bonds. The Morgan fingerprint density at radius 2 is 1.62 bits per heavy atom. The normalized spacial score (nSPS) is 8.62. The van der Waals surface area contributed by atoms with Gasteiger partial charge in [-0.3, -0.25) is 0 Å². The van der Waals surface area contributed by atoms with Crippen LogP contribution >= 0.6 is 0 Å². The number of nitrogens with one attached hydrogen (secondary N) is 1. The fourth-order valence-corrected chi connectivity index (χ4v) is 0.422. The Balaban J connectivity index is 4.61. The number of hydrazine groups is 1. The van der Waals surface area contributed by atoms with Crippen molar-refractivity contribution < 1.29 is 29.7 Å². The summed E-state index contributed by atoms with van der Waals surface area (Å²) in [5, 5.41) is 24.6. The molecule has 13 heavy (non-hydrogen) atoms. The van der Waals surface area contributed by atoms with Gasteiger partial charge in [0.05, 0.1) is 0 Å². The second kappa shape index (κ2) is 3.95.